The van der Waals surface area contributed by atoms with E-state index in [9.17, 15) is 9.59 Å². The fraction of sp³-hybridized carbons (Fsp3) is 0.381. The Morgan fingerprint density at radius 1 is 1.11 bits per heavy atom. The zero-order chi connectivity index (χ0) is 19.1. The summed E-state index contributed by atoms with van der Waals surface area (Å²) in [5.74, 6) is 1.40. The molecule has 1 N–H and O–H groups in total. The molecule has 144 valence electrons. The van der Waals surface area contributed by atoms with E-state index >= 15 is 0 Å². The first kappa shape index (κ1) is 17.0. The lowest BCUT2D eigenvalue weighted by Gasteiger charge is -2.35. The number of anilines is 2. The smallest absolute Gasteiger partial charge is 0.410 e. The topological polar surface area (TPSA) is 74.8 Å². The molecule has 1 unspecified atom stereocenters. The molecule has 2 fully saturated rings. The van der Waals surface area contributed by atoms with Gasteiger partial charge in [-0.1, -0.05) is 18.2 Å². The number of benzene rings is 1. The number of pyridine rings is 1. The second-order valence-corrected chi connectivity index (χ2v) is 7.63. The summed E-state index contributed by atoms with van der Waals surface area (Å²) in [6.45, 7) is 2.31. The number of nitrogens with zero attached hydrogens (tertiary/aromatic N) is 3. The third-order valence-corrected chi connectivity index (χ3v) is 5.58. The van der Waals surface area contributed by atoms with Crippen molar-refractivity contribution in [2.75, 3.05) is 29.4 Å². The first-order chi connectivity index (χ1) is 13.7. The summed E-state index contributed by atoms with van der Waals surface area (Å²) in [5, 5.41) is 2.94. The van der Waals surface area contributed by atoms with Gasteiger partial charge < -0.3 is 15.0 Å². The monoisotopic (exact) mass is 378 g/mol. The van der Waals surface area contributed by atoms with E-state index in [1.807, 2.05) is 24.3 Å². The molecule has 7 heteroatoms. The summed E-state index contributed by atoms with van der Waals surface area (Å²) in [5.41, 5.74) is 1.21. The standard InChI is InChI=1S/C21H22N4O3/c26-20(22-12-14-6-7-14)17-8-9-18-19(23-17)25(15-10-11-24(18)13-15)21(27)28-16-4-2-1-3-5-16/h1-5,8-9,14-15H,6-7,10-13H2,(H,22,26). The lowest BCUT2D eigenvalue weighted by atomic mass is 10.2. The molecule has 5 rings (SSSR count). The van der Waals surface area contributed by atoms with Crippen molar-refractivity contribution in [3.8, 4) is 5.75 Å². The minimum atomic E-state index is -0.456. The Morgan fingerprint density at radius 2 is 1.93 bits per heavy atom. The highest BCUT2D eigenvalue weighted by Crippen LogP contribution is 2.39. The largest absolute Gasteiger partial charge is 0.421 e. The Hall–Kier alpha value is -3.09. The van der Waals surface area contributed by atoms with Gasteiger partial charge in [-0.25, -0.2) is 9.78 Å². The van der Waals surface area contributed by atoms with Crippen molar-refractivity contribution < 1.29 is 14.3 Å². The summed E-state index contributed by atoms with van der Waals surface area (Å²) < 4.78 is 5.58. The molecule has 1 saturated carbocycles. The summed E-state index contributed by atoms with van der Waals surface area (Å²) >= 11 is 0. The Labute approximate surface area is 163 Å². The van der Waals surface area contributed by atoms with Crippen molar-refractivity contribution >= 4 is 23.5 Å². The van der Waals surface area contributed by atoms with Crippen molar-refractivity contribution in [2.24, 2.45) is 5.92 Å². The molecule has 0 radical (unpaired) electrons. The molecule has 28 heavy (non-hydrogen) atoms. The van der Waals surface area contributed by atoms with Crippen LogP contribution in [0.2, 0.25) is 0 Å². The number of fused-ring (bicyclic) bond motifs is 4. The Kier molecular flexibility index (Phi) is 4.15. The van der Waals surface area contributed by atoms with Gasteiger partial charge in [-0.2, -0.15) is 0 Å². The molecule has 2 aromatic rings. The van der Waals surface area contributed by atoms with Crippen LogP contribution in [0.1, 0.15) is 29.8 Å². The van der Waals surface area contributed by atoms with Crippen LogP contribution in [0.25, 0.3) is 0 Å². The van der Waals surface area contributed by atoms with E-state index in [1.165, 1.54) is 12.8 Å². The van der Waals surface area contributed by atoms with E-state index < -0.39 is 6.09 Å². The molecule has 3 heterocycles. The average molecular weight is 378 g/mol. The van der Waals surface area contributed by atoms with Crippen LogP contribution in [-0.2, 0) is 0 Å². The predicted molar refractivity (Wildman–Crippen MR) is 105 cm³/mol. The number of rotatable bonds is 4. The Balaban J connectivity index is 1.43. The number of para-hydroxylation sites is 1. The maximum atomic E-state index is 13.0. The fourth-order valence-corrected chi connectivity index (χ4v) is 3.86. The molecule has 1 aromatic carbocycles. The molecule has 1 aliphatic carbocycles. The number of carbonyl (C=O) groups is 2. The summed E-state index contributed by atoms with van der Waals surface area (Å²) in [6.07, 6.45) is 2.74. The Morgan fingerprint density at radius 3 is 2.71 bits per heavy atom. The molecule has 2 bridgehead atoms. The van der Waals surface area contributed by atoms with Gasteiger partial charge in [0.15, 0.2) is 5.82 Å². The third kappa shape index (κ3) is 3.17. The van der Waals surface area contributed by atoms with Crippen molar-refractivity contribution in [3.63, 3.8) is 0 Å². The first-order valence-electron chi connectivity index (χ1n) is 9.79. The minimum Gasteiger partial charge on any atom is -0.410 e. The summed E-state index contributed by atoms with van der Waals surface area (Å²) in [4.78, 5) is 33.9. The number of aromatic nitrogens is 1. The van der Waals surface area contributed by atoms with Crippen LogP contribution in [0.4, 0.5) is 16.3 Å². The van der Waals surface area contributed by atoms with Crippen LogP contribution >= 0.6 is 0 Å². The number of hydrogen-bond acceptors (Lipinski definition) is 5. The highest BCUT2D eigenvalue weighted by molar-refractivity contribution is 5.98. The normalized spacial score (nSPS) is 19.9. The van der Waals surface area contributed by atoms with Gasteiger partial charge >= 0.3 is 6.09 Å². The molecule has 3 aliphatic rings. The van der Waals surface area contributed by atoms with E-state index in [2.05, 4.69) is 15.2 Å². The highest BCUT2D eigenvalue weighted by Gasteiger charge is 2.41. The highest BCUT2D eigenvalue weighted by atomic mass is 16.6. The van der Waals surface area contributed by atoms with Crippen LogP contribution in [-0.4, -0.2) is 42.7 Å². The molecule has 0 spiro atoms. The number of nitrogens with one attached hydrogen (secondary N) is 1. The lowest BCUT2D eigenvalue weighted by molar-refractivity contribution is 0.0946. The molecule has 1 saturated heterocycles. The van der Waals surface area contributed by atoms with Gasteiger partial charge in [0.1, 0.15) is 11.4 Å². The molecular formula is C21H22N4O3. The van der Waals surface area contributed by atoms with E-state index in [-0.39, 0.29) is 11.9 Å². The van der Waals surface area contributed by atoms with Crippen LogP contribution in [0.3, 0.4) is 0 Å². The molecule has 1 atom stereocenters. The number of ether oxygens (including phenoxy) is 1. The van der Waals surface area contributed by atoms with Gasteiger partial charge in [0, 0.05) is 19.6 Å². The van der Waals surface area contributed by atoms with Gasteiger partial charge in [-0.15, -0.1) is 0 Å². The van der Waals surface area contributed by atoms with Crippen molar-refractivity contribution in [1.29, 1.82) is 0 Å². The lowest BCUT2D eigenvalue weighted by Crippen LogP contribution is -2.48. The molecule has 7 nitrogen and oxygen atoms in total. The number of hydrogen-bond donors (Lipinski definition) is 1. The average Bonchev–Trinajstić information content (AvgIpc) is 3.46. The van der Waals surface area contributed by atoms with Gasteiger partial charge in [0.05, 0.1) is 11.7 Å². The zero-order valence-electron chi connectivity index (χ0n) is 15.5. The van der Waals surface area contributed by atoms with E-state index in [0.717, 1.165) is 25.2 Å². The number of amides is 2. The van der Waals surface area contributed by atoms with E-state index in [0.29, 0.717) is 29.7 Å². The van der Waals surface area contributed by atoms with E-state index in [4.69, 9.17) is 4.74 Å². The third-order valence-electron chi connectivity index (χ3n) is 5.58. The molecular weight excluding hydrogens is 356 g/mol. The number of carbonyl (C=O) groups excluding carboxylic acids is 2. The second-order valence-electron chi connectivity index (χ2n) is 7.63. The van der Waals surface area contributed by atoms with Crippen molar-refractivity contribution in [2.45, 2.75) is 25.3 Å². The van der Waals surface area contributed by atoms with Gasteiger partial charge in [0.25, 0.3) is 5.91 Å². The van der Waals surface area contributed by atoms with Crippen molar-refractivity contribution in [3.05, 3.63) is 48.2 Å². The van der Waals surface area contributed by atoms with Crippen LogP contribution in [0.15, 0.2) is 42.5 Å². The second kappa shape index (κ2) is 6.82. The zero-order valence-corrected chi connectivity index (χ0v) is 15.5. The maximum Gasteiger partial charge on any atom is 0.421 e. The van der Waals surface area contributed by atoms with Crippen LogP contribution < -0.4 is 19.9 Å². The van der Waals surface area contributed by atoms with Gasteiger partial charge in [-0.05, 0) is 49.4 Å². The predicted octanol–water partition coefficient (Wildman–Crippen LogP) is 2.82. The van der Waals surface area contributed by atoms with Crippen molar-refractivity contribution in [1.82, 2.24) is 10.3 Å². The minimum absolute atomic E-state index is 0.000914. The van der Waals surface area contributed by atoms with E-state index in [1.54, 1.807) is 23.1 Å². The molecule has 2 amide bonds. The SMILES string of the molecule is O=C(NCC1CC1)c1ccc2c(n1)N(C(=O)Oc1ccccc1)C1CCN2C1. The maximum absolute atomic E-state index is 13.0. The Bertz CT molecular complexity index is 913. The molecule has 2 aliphatic heterocycles. The first-order valence-corrected chi connectivity index (χ1v) is 9.79. The fourth-order valence-electron chi connectivity index (χ4n) is 3.86. The van der Waals surface area contributed by atoms with Gasteiger partial charge in [0.2, 0.25) is 0 Å². The van der Waals surface area contributed by atoms with Crippen LogP contribution in [0.5, 0.6) is 5.75 Å². The van der Waals surface area contributed by atoms with Gasteiger partial charge in [-0.3, -0.25) is 9.69 Å². The van der Waals surface area contributed by atoms with Crippen LogP contribution in [0, 0.1) is 5.92 Å². The summed E-state index contributed by atoms with van der Waals surface area (Å²) in [6, 6.07) is 12.6. The summed E-state index contributed by atoms with van der Waals surface area (Å²) in [7, 11) is 0. The quantitative estimate of drug-likeness (QED) is 0.886. The molecule has 1 aromatic heterocycles.